The van der Waals surface area contributed by atoms with Crippen LogP contribution in [0.4, 0.5) is 5.69 Å². The van der Waals surface area contributed by atoms with E-state index >= 15 is 0 Å². The highest BCUT2D eigenvalue weighted by molar-refractivity contribution is 5.60. The van der Waals surface area contributed by atoms with Crippen molar-refractivity contribution in [2.45, 2.75) is 24.7 Å². The number of nitro benzene ring substituents is 1. The predicted octanol–water partition coefficient (Wildman–Crippen LogP) is 1.70. The van der Waals surface area contributed by atoms with Gasteiger partial charge in [0.15, 0.2) is 5.75 Å². The van der Waals surface area contributed by atoms with Gasteiger partial charge in [0, 0.05) is 18.0 Å². The largest absolute Gasteiger partial charge is 0.453 e. The highest BCUT2D eigenvalue weighted by Crippen LogP contribution is 2.49. The lowest BCUT2D eigenvalue weighted by Gasteiger charge is -2.41. The van der Waals surface area contributed by atoms with Crippen LogP contribution >= 0.6 is 0 Å². The lowest BCUT2D eigenvalue weighted by Crippen LogP contribution is -2.41. The van der Waals surface area contributed by atoms with E-state index in [9.17, 15) is 10.1 Å². The molecule has 18 heavy (non-hydrogen) atoms. The minimum absolute atomic E-state index is 0.0280. The molecule has 0 atom stereocenters. The fourth-order valence-corrected chi connectivity index (χ4v) is 2.65. The van der Waals surface area contributed by atoms with Gasteiger partial charge in [-0.3, -0.25) is 10.1 Å². The van der Waals surface area contributed by atoms with Gasteiger partial charge in [0.2, 0.25) is 12.5 Å². The van der Waals surface area contributed by atoms with E-state index in [4.69, 9.17) is 15.2 Å². The Morgan fingerprint density at radius 2 is 2.17 bits per heavy atom. The Balaban J connectivity index is 2.12. The van der Waals surface area contributed by atoms with E-state index in [-0.39, 0.29) is 23.6 Å². The summed E-state index contributed by atoms with van der Waals surface area (Å²) in [4.78, 5) is 10.6. The number of nitrogens with zero attached hydrogens (tertiary/aromatic N) is 1. The lowest BCUT2D eigenvalue weighted by atomic mass is 9.64. The molecule has 2 N–H and O–H groups in total. The molecule has 0 bridgehead atoms. The van der Waals surface area contributed by atoms with E-state index < -0.39 is 4.92 Å². The van der Waals surface area contributed by atoms with E-state index in [1.165, 1.54) is 0 Å². The smallest absolute Gasteiger partial charge is 0.315 e. The second kappa shape index (κ2) is 3.84. The van der Waals surface area contributed by atoms with Gasteiger partial charge in [0.05, 0.1) is 4.92 Å². The summed E-state index contributed by atoms with van der Waals surface area (Å²) >= 11 is 0. The van der Waals surface area contributed by atoms with Crippen LogP contribution in [0.1, 0.15) is 24.8 Å². The second-order valence-corrected chi connectivity index (χ2v) is 4.82. The van der Waals surface area contributed by atoms with Crippen LogP contribution in [-0.2, 0) is 5.41 Å². The summed E-state index contributed by atoms with van der Waals surface area (Å²) in [7, 11) is 0. The molecule has 0 spiro atoms. The molecule has 1 heterocycles. The maximum atomic E-state index is 11.1. The molecule has 1 aliphatic carbocycles. The minimum atomic E-state index is -0.431. The van der Waals surface area contributed by atoms with Gasteiger partial charge in [-0.05, 0) is 24.5 Å². The van der Waals surface area contributed by atoms with Crippen LogP contribution in [-0.4, -0.2) is 18.3 Å². The third-order valence-corrected chi connectivity index (χ3v) is 3.96. The summed E-state index contributed by atoms with van der Waals surface area (Å²) in [5.41, 5.74) is 6.58. The van der Waals surface area contributed by atoms with Crippen molar-refractivity contribution in [3.05, 3.63) is 27.8 Å². The van der Waals surface area contributed by atoms with Crippen LogP contribution in [0, 0.1) is 10.1 Å². The quantitative estimate of drug-likeness (QED) is 0.651. The van der Waals surface area contributed by atoms with E-state index in [0.29, 0.717) is 12.3 Å². The van der Waals surface area contributed by atoms with Gasteiger partial charge in [-0.2, -0.15) is 0 Å². The number of nitro groups is 1. The number of ether oxygens (including phenoxy) is 2. The number of rotatable bonds is 3. The molecule has 1 fully saturated rings. The Morgan fingerprint density at radius 3 is 2.72 bits per heavy atom. The summed E-state index contributed by atoms with van der Waals surface area (Å²) in [6, 6.07) is 3.42. The zero-order valence-corrected chi connectivity index (χ0v) is 9.85. The van der Waals surface area contributed by atoms with Crippen molar-refractivity contribution >= 4 is 5.69 Å². The SMILES string of the molecule is NCC1(c2cc3c(c([N+](=O)[O-])c2)OCO3)CCC1. The topological polar surface area (TPSA) is 87.6 Å². The van der Waals surface area contributed by atoms with Crippen molar-refractivity contribution in [1.82, 2.24) is 0 Å². The standard InChI is InChI=1S/C12H14N2O4/c13-6-12(2-1-3-12)8-4-9(14(15)16)11-10(5-8)17-7-18-11/h4-5H,1-3,6-7,13H2. The molecule has 0 unspecified atom stereocenters. The average Bonchev–Trinajstić information content (AvgIpc) is 2.75. The van der Waals surface area contributed by atoms with Crippen LogP contribution in [0.2, 0.25) is 0 Å². The number of hydrogen-bond donors (Lipinski definition) is 1. The molecule has 0 amide bonds. The molecule has 1 aliphatic heterocycles. The molecule has 0 saturated heterocycles. The minimum Gasteiger partial charge on any atom is -0.453 e. The van der Waals surface area contributed by atoms with Gasteiger partial charge in [0.1, 0.15) is 0 Å². The van der Waals surface area contributed by atoms with Crippen molar-refractivity contribution in [2.24, 2.45) is 5.73 Å². The summed E-state index contributed by atoms with van der Waals surface area (Å²) in [6.07, 6.45) is 3.06. The summed E-state index contributed by atoms with van der Waals surface area (Å²) < 4.78 is 10.4. The third kappa shape index (κ3) is 1.45. The maximum Gasteiger partial charge on any atom is 0.315 e. The molecule has 1 saturated carbocycles. The number of nitrogens with two attached hydrogens (primary N) is 1. The Morgan fingerprint density at radius 1 is 1.39 bits per heavy atom. The zero-order chi connectivity index (χ0) is 12.8. The van der Waals surface area contributed by atoms with Gasteiger partial charge < -0.3 is 15.2 Å². The molecule has 96 valence electrons. The van der Waals surface area contributed by atoms with Crippen LogP contribution in [0.3, 0.4) is 0 Å². The average molecular weight is 250 g/mol. The molecule has 3 rings (SSSR count). The van der Waals surface area contributed by atoms with Gasteiger partial charge in [0.25, 0.3) is 0 Å². The number of benzene rings is 1. The Kier molecular flexibility index (Phi) is 2.41. The summed E-state index contributed by atoms with van der Waals surface area (Å²) in [5.74, 6) is 0.689. The lowest BCUT2D eigenvalue weighted by molar-refractivity contribution is -0.385. The van der Waals surface area contributed by atoms with Gasteiger partial charge in [-0.1, -0.05) is 6.42 Å². The Hall–Kier alpha value is -1.82. The van der Waals surface area contributed by atoms with E-state index in [0.717, 1.165) is 24.8 Å². The first-order valence-electron chi connectivity index (χ1n) is 5.95. The first-order chi connectivity index (χ1) is 8.66. The van der Waals surface area contributed by atoms with Gasteiger partial charge >= 0.3 is 5.69 Å². The molecule has 2 aliphatic rings. The fourth-order valence-electron chi connectivity index (χ4n) is 2.65. The normalized spacial score (nSPS) is 19.4. The molecule has 1 aromatic carbocycles. The molecular formula is C12H14N2O4. The maximum absolute atomic E-state index is 11.1. The molecule has 0 aromatic heterocycles. The van der Waals surface area contributed by atoms with Gasteiger partial charge in [-0.15, -0.1) is 0 Å². The van der Waals surface area contributed by atoms with Crippen LogP contribution in [0.25, 0.3) is 0 Å². The molecule has 1 aromatic rings. The van der Waals surface area contributed by atoms with E-state index in [2.05, 4.69) is 0 Å². The molecule has 6 nitrogen and oxygen atoms in total. The number of hydrogen-bond acceptors (Lipinski definition) is 5. The monoisotopic (exact) mass is 250 g/mol. The van der Waals surface area contributed by atoms with Crippen molar-refractivity contribution < 1.29 is 14.4 Å². The Bertz CT molecular complexity index is 506. The molecule has 0 radical (unpaired) electrons. The molecular weight excluding hydrogens is 236 g/mol. The second-order valence-electron chi connectivity index (χ2n) is 4.82. The van der Waals surface area contributed by atoms with E-state index in [1.807, 2.05) is 6.07 Å². The number of fused-ring (bicyclic) bond motifs is 1. The van der Waals surface area contributed by atoms with Crippen LogP contribution in [0.5, 0.6) is 11.5 Å². The van der Waals surface area contributed by atoms with Crippen molar-refractivity contribution in [2.75, 3.05) is 13.3 Å². The highest BCUT2D eigenvalue weighted by atomic mass is 16.7. The highest BCUT2D eigenvalue weighted by Gasteiger charge is 2.40. The van der Waals surface area contributed by atoms with Crippen LogP contribution < -0.4 is 15.2 Å². The van der Waals surface area contributed by atoms with Crippen molar-refractivity contribution in [3.63, 3.8) is 0 Å². The van der Waals surface area contributed by atoms with Gasteiger partial charge in [-0.25, -0.2) is 0 Å². The van der Waals surface area contributed by atoms with E-state index in [1.54, 1.807) is 6.07 Å². The fraction of sp³-hybridized carbons (Fsp3) is 0.500. The van der Waals surface area contributed by atoms with Crippen LogP contribution in [0.15, 0.2) is 12.1 Å². The first kappa shape index (κ1) is 11.3. The van der Waals surface area contributed by atoms with Crippen molar-refractivity contribution in [3.8, 4) is 11.5 Å². The molecule has 6 heteroatoms. The third-order valence-electron chi connectivity index (χ3n) is 3.96. The first-order valence-corrected chi connectivity index (χ1v) is 5.95. The zero-order valence-electron chi connectivity index (χ0n) is 9.85. The summed E-state index contributed by atoms with van der Waals surface area (Å²) in [6.45, 7) is 0.541. The summed E-state index contributed by atoms with van der Waals surface area (Å²) in [5, 5.41) is 11.1. The van der Waals surface area contributed by atoms with Crippen molar-refractivity contribution in [1.29, 1.82) is 0 Å². The Labute approximate surface area is 104 Å². The predicted molar refractivity (Wildman–Crippen MR) is 63.8 cm³/mol.